The molecule has 0 N–H and O–H groups in total. The number of rotatable bonds is 6. The van der Waals surface area contributed by atoms with Crippen LogP contribution in [0.1, 0.15) is 35.7 Å². The predicted molar refractivity (Wildman–Crippen MR) is 67.7 cm³/mol. The van der Waals surface area contributed by atoms with Crippen molar-refractivity contribution in [3.63, 3.8) is 0 Å². The molecule has 0 saturated heterocycles. The second-order valence-electron chi connectivity index (χ2n) is 3.69. The molecule has 0 aliphatic carbocycles. The molecule has 3 nitrogen and oxygen atoms in total. The molecular weight excluding hydrogens is 216 g/mol. The average Bonchev–Trinajstić information content (AvgIpc) is 2.38. The highest BCUT2D eigenvalue weighted by Crippen LogP contribution is 2.15. The Morgan fingerprint density at radius 2 is 1.82 bits per heavy atom. The minimum atomic E-state index is -0.339. The molecule has 0 unspecified atom stereocenters. The van der Waals surface area contributed by atoms with Gasteiger partial charge in [-0.25, -0.2) is 4.79 Å². The summed E-state index contributed by atoms with van der Waals surface area (Å²) in [7, 11) is 1.36. The van der Waals surface area contributed by atoms with Gasteiger partial charge in [-0.1, -0.05) is 32.1 Å². The summed E-state index contributed by atoms with van der Waals surface area (Å²) in [6, 6.07) is 7.02. The first-order valence-corrected chi connectivity index (χ1v) is 5.69. The topological polar surface area (TPSA) is 35.5 Å². The molecule has 92 valence electrons. The lowest BCUT2D eigenvalue weighted by Crippen LogP contribution is -2.01. The molecule has 1 aromatic rings. The number of carbonyl (C=O) groups is 1. The number of carbonyl (C=O) groups excluding carboxylic acids is 1. The van der Waals surface area contributed by atoms with Crippen LogP contribution in [-0.2, 0) is 9.47 Å². The SMILES string of the molecule is C=C(OCCCC)c1ccc(C(=O)OC)cc1. The van der Waals surface area contributed by atoms with Crippen LogP contribution in [-0.4, -0.2) is 19.7 Å². The van der Waals surface area contributed by atoms with Gasteiger partial charge in [0.2, 0.25) is 0 Å². The summed E-state index contributed by atoms with van der Waals surface area (Å²) in [5.41, 5.74) is 1.41. The van der Waals surface area contributed by atoms with E-state index in [9.17, 15) is 4.79 Å². The van der Waals surface area contributed by atoms with Crippen LogP contribution < -0.4 is 0 Å². The zero-order valence-electron chi connectivity index (χ0n) is 10.4. The lowest BCUT2D eigenvalue weighted by molar-refractivity contribution is 0.0600. The Morgan fingerprint density at radius 3 is 2.35 bits per heavy atom. The molecule has 0 heterocycles. The van der Waals surface area contributed by atoms with Crippen molar-refractivity contribution < 1.29 is 14.3 Å². The fourth-order valence-electron chi connectivity index (χ4n) is 1.33. The third kappa shape index (κ3) is 3.94. The van der Waals surface area contributed by atoms with E-state index in [0.717, 1.165) is 18.4 Å². The molecule has 0 saturated carbocycles. The van der Waals surface area contributed by atoms with Crippen molar-refractivity contribution in [2.24, 2.45) is 0 Å². The van der Waals surface area contributed by atoms with Gasteiger partial charge in [-0.05, 0) is 18.6 Å². The largest absolute Gasteiger partial charge is 0.494 e. The monoisotopic (exact) mass is 234 g/mol. The molecule has 1 aromatic carbocycles. The Morgan fingerprint density at radius 1 is 1.24 bits per heavy atom. The maximum atomic E-state index is 11.2. The zero-order valence-corrected chi connectivity index (χ0v) is 10.4. The van der Waals surface area contributed by atoms with E-state index in [1.807, 2.05) is 0 Å². The lowest BCUT2D eigenvalue weighted by Gasteiger charge is -2.09. The smallest absolute Gasteiger partial charge is 0.337 e. The van der Waals surface area contributed by atoms with Gasteiger partial charge in [0.15, 0.2) is 0 Å². The number of esters is 1. The molecule has 0 aromatic heterocycles. The van der Waals surface area contributed by atoms with E-state index in [-0.39, 0.29) is 5.97 Å². The predicted octanol–water partition coefficient (Wildman–Crippen LogP) is 3.26. The first-order valence-electron chi connectivity index (χ1n) is 5.69. The Balaban J connectivity index is 2.61. The third-order valence-corrected chi connectivity index (χ3v) is 2.40. The molecule has 0 radical (unpaired) electrons. The van der Waals surface area contributed by atoms with Crippen LogP contribution in [0.25, 0.3) is 5.76 Å². The minimum Gasteiger partial charge on any atom is -0.494 e. The highest BCUT2D eigenvalue weighted by Gasteiger charge is 2.05. The summed E-state index contributed by atoms with van der Waals surface area (Å²) >= 11 is 0. The Kier molecular flexibility index (Phi) is 5.27. The van der Waals surface area contributed by atoms with Crippen molar-refractivity contribution in [2.75, 3.05) is 13.7 Å². The van der Waals surface area contributed by atoms with Crippen molar-refractivity contribution >= 4 is 11.7 Å². The van der Waals surface area contributed by atoms with Gasteiger partial charge in [-0.3, -0.25) is 0 Å². The standard InChI is InChI=1S/C14H18O3/c1-4-5-10-17-11(2)12-6-8-13(9-7-12)14(15)16-3/h6-9H,2,4-5,10H2,1,3H3. The van der Waals surface area contributed by atoms with Crippen LogP contribution in [0, 0.1) is 0 Å². The number of hydrogen-bond donors (Lipinski definition) is 0. The quantitative estimate of drug-likeness (QED) is 0.430. The maximum Gasteiger partial charge on any atom is 0.337 e. The van der Waals surface area contributed by atoms with Gasteiger partial charge < -0.3 is 9.47 Å². The van der Waals surface area contributed by atoms with Gasteiger partial charge in [0, 0.05) is 5.56 Å². The second-order valence-corrected chi connectivity index (χ2v) is 3.69. The van der Waals surface area contributed by atoms with Crippen molar-refractivity contribution in [1.29, 1.82) is 0 Å². The average molecular weight is 234 g/mol. The molecule has 0 amide bonds. The van der Waals surface area contributed by atoms with Gasteiger partial charge in [-0.2, -0.15) is 0 Å². The van der Waals surface area contributed by atoms with Crippen LogP contribution in [0.5, 0.6) is 0 Å². The first kappa shape index (κ1) is 13.3. The molecule has 0 fully saturated rings. The number of methoxy groups -OCH3 is 1. The minimum absolute atomic E-state index is 0.339. The van der Waals surface area contributed by atoms with Crippen molar-refractivity contribution in [3.05, 3.63) is 42.0 Å². The Hall–Kier alpha value is -1.77. The first-order chi connectivity index (χ1) is 8.19. The van der Waals surface area contributed by atoms with Crippen molar-refractivity contribution in [1.82, 2.24) is 0 Å². The van der Waals surface area contributed by atoms with Gasteiger partial charge in [0.05, 0.1) is 19.3 Å². The molecule has 1 rings (SSSR count). The van der Waals surface area contributed by atoms with Gasteiger partial charge >= 0.3 is 5.97 Å². The van der Waals surface area contributed by atoms with Crippen LogP contribution in [0.3, 0.4) is 0 Å². The van der Waals surface area contributed by atoms with E-state index in [0.29, 0.717) is 17.9 Å². The molecule has 0 atom stereocenters. The van der Waals surface area contributed by atoms with Crippen LogP contribution in [0.15, 0.2) is 30.8 Å². The fourth-order valence-corrected chi connectivity index (χ4v) is 1.33. The van der Waals surface area contributed by atoms with E-state index in [2.05, 4.69) is 18.2 Å². The molecule has 0 aliphatic heterocycles. The van der Waals surface area contributed by atoms with E-state index in [1.54, 1.807) is 24.3 Å². The fraction of sp³-hybridized carbons (Fsp3) is 0.357. The highest BCUT2D eigenvalue weighted by molar-refractivity contribution is 5.89. The van der Waals surface area contributed by atoms with Crippen LogP contribution >= 0.6 is 0 Å². The van der Waals surface area contributed by atoms with Crippen molar-refractivity contribution in [3.8, 4) is 0 Å². The normalized spacial score (nSPS) is 9.76. The van der Waals surface area contributed by atoms with E-state index < -0.39 is 0 Å². The summed E-state index contributed by atoms with van der Waals surface area (Å²) in [6.07, 6.45) is 2.10. The Bertz CT molecular complexity index is 379. The molecule has 0 bridgehead atoms. The number of benzene rings is 1. The summed E-state index contributed by atoms with van der Waals surface area (Å²) in [6.45, 7) is 6.64. The summed E-state index contributed by atoms with van der Waals surface area (Å²) in [5.74, 6) is 0.295. The Labute approximate surface area is 102 Å². The third-order valence-electron chi connectivity index (χ3n) is 2.40. The van der Waals surface area contributed by atoms with E-state index >= 15 is 0 Å². The van der Waals surface area contributed by atoms with Crippen LogP contribution in [0.4, 0.5) is 0 Å². The van der Waals surface area contributed by atoms with Gasteiger partial charge in [0.25, 0.3) is 0 Å². The number of hydrogen-bond acceptors (Lipinski definition) is 3. The number of unbranched alkanes of at least 4 members (excludes halogenated alkanes) is 1. The highest BCUT2D eigenvalue weighted by atomic mass is 16.5. The van der Waals surface area contributed by atoms with E-state index in [4.69, 9.17) is 4.74 Å². The molecule has 3 heteroatoms. The molecule has 17 heavy (non-hydrogen) atoms. The maximum absolute atomic E-state index is 11.2. The van der Waals surface area contributed by atoms with Crippen LogP contribution in [0.2, 0.25) is 0 Å². The molecule has 0 aliphatic rings. The van der Waals surface area contributed by atoms with Crippen molar-refractivity contribution in [2.45, 2.75) is 19.8 Å². The molecule has 0 spiro atoms. The number of ether oxygens (including phenoxy) is 2. The summed E-state index contributed by atoms with van der Waals surface area (Å²) < 4.78 is 10.1. The van der Waals surface area contributed by atoms with Gasteiger partial charge in [-0.15, -0.1) is 0 Å². The zero-order chi connectivity index (χ0) is 12.7. The molecular formula is C14H18O3. The lowest BCUT2D eigenvalue weighted by atomic mass is 10.1. The van der Waals surface area contributed by atoms with Gasteiger partial charge in [0.1, 0.15) is 5.76 Å². The second kappa shape index (κ2) is 6.74. The van der Waals surface area contributed by atoms with E-state index in [1.165, 1.54) is 7.11 Å². The summed E-state index contributed by atoms with van der Waals surface area (Å²) in [5, 5.41) is 0. The summed E-state index contributed by atoms with van der Waals surface area (Å²) in [4.78, 5) is 11.2.